The van der Waals surface area contributed by atoms with E-state index in [1.165, 1.54) is 0 Å². The normalized spacial score (nSPS) is 13.4. The minimum atomic E-state index is -4.91. The fraction of sp³-hybridized carbons (Fsp3) is 0.857. The first kappa shape index (κ1) is 40.3. The zero-order valence-electron chi connectivity index (χ0n) is 24.7. The Kier molecular flexibility index (Phi) is 15.5. The molecule has 4 nitrogen and oxygen atoms in total. The highest BCUT2D eigenvalue weighted by Gasteiger charge is 2.61. The number of ketones is 4. The van der Waals surface area contributed by atoms with Crippen LogP contribution in [0.25, 0.3) is 0 Å². The molecule has 0 aromatic rings. The molecule has 0 unspecified atom stereocenters. The van der Waals surface area contributed by atoms with Gasteiger partial charge in [0.05, 0.1) is 12.8 Å². The molecule has 0 spiro atoms. The molecule has 12 heteroatoms. The maximum Gasteiger partial charge on any atom is 0.401 e. The quantitative estimate of drug-likeness (QED) is 0.132. The van der Waals surface area contributed by atoms with Crippen molar-refractivity contribution in [3.05, 3.63) is 0 Å². The van der Waals surface area contributed by atoms with Gasteiger partial charge in [0.25, 0.3) is 0 Å². The van der Waals surface area contributed by atoms with Crippen LogP contribution in [0.5, 0.6) is 0 Å². The molecule has 0 aliphatic rings. The third kappa shape index (κ3) is 8.57. The third-order valence-electron chi connectivity index (χ3n) is 8.45. The van der Waals surface area contributed by atoms with Gasteiger partial charge in [0.15, 0.2) is 34.5 Å². The molecule has 0 rings (SSSR count). The van der Waals surface area contributed by atoms with Crippen LogP contribution in [0.1, 0.15) is 120 Å². The lowest BCUT2D eigenvalue weighted by molar-refractivity contribution is -0.227. The number of hydrogen-bond donors (Lipinski definition) is 0. The van der Waals surface area contributed by atoms with Crippen molar-refractivity contribution < 1.29 is 54.3 Å². The number of carbonyl (C=O) groups excluding carboxylic acids is 4. The smallest absolute Gasteiger partial charge is 0.298 e. The molecule has 0 saturated heterocycles. The van der Waals surface area contributed by atoms with Gasteiger partial charge < -0.3 is 0 Å². The second-order valence-electron chi connectivity index (χ2n) is 9.97. The lowest BCUT2D eigenvalue weighted by Crippen LogP contribution is -2.49. The predicted octanol–water partition coefficient (Wildman–Crippen LogP) is 8.82. The van der Waals surface area contributed by atoms with Gasteiger partial charge in [-0.1, -0.05) is 55.4 Å². The Morgan fingerprint density at radius 2 is 0.575 bits per heavy atom. The maximum absolute atomic E-state index is 14.0. The Morgan fingerprint density at radius 3 is 0.725 bits per heavy atom. The van der Waals surface area contributed by atoms with Gasteiger partial charge in [0.1, 0.15) is 10.8 Å². The van der Waals surface area contributed by atoms with E-state index in [1.54, 1.807) is 27.7 Å². The molecule has 0 fully saturated rings. The van der Waals surface area contributed by atoms with Crippen LogP contribution in [0.3, 0.4) is 0 Å². The summed E-state index contributed by atoms with van der Waals surface area (Å²) >= 11 is 0. The number of hydrogen-bond acceptors (Lipinski definition) is 4. The first-order valence-corrected chi connectivity index (χ1v) is 13.7. The monoisotopic (exact) mass is 596 g/mol. The summed E-state index contributed by atoms with van der Waals surface area (Å²) in [6.45, 7) is 10.7. The average molecular weight is 597 g/mol. The highest BCUT2D eigenvalue weighted by molar-refractivity contribution is 6.06. The second kappa shape index (κ2) is 15.4. The van der Waals surface area contributed by atoms with Crippen molar-refractivity contribution in [1.82, 2.24) is 0 Å². The Bertz CT molecular complexity index is 777. The van der Waals surface area contributed by atoms with Gasteiger partial charge in [-0.05, 0) is 51.4 Å². The summed E-state index contributed by atoms with van der Waals surface area (Å²) in [5.41, 5.74) is -9.53. The zero-order chi connectivity index (χ0) is 32.4. The molecular formula is C28H44F8O4. The molecule has 236 valence electrons. The summed E-state index contributed by atoms with van der Waals surface area (Å²) in [6, 6.07) is 0. The molecule has 0 radical (unpaired) electrons. The number of alkyl halides is 8. The van der Waals surface area contributed by atoms with Gasteiger partial charge in [-0.2, -0.15) is 26.3 Å². The van der Waals surface area contributed by atoms with Crippen LogP contribution in [0.15, 0.2) is 0 Å². The molecule has 0 aromatic heterocycles. The van der Waals surface area contributed by atoms with Crippen LogP contribution < -0.4 is 0 Å². The van der Waals surface area contributed by atoms with Crippen molar-refractivity contribution >= 4 is 23.1 Å². The van der Waals surface area contributed by atoms with Crippen molar-refractivity contribution in [3.63, 3.8) is 0 Å². The average Bonchev–Trinajstić information content (AvgIpc) is 2.88. The molecule has 0 N–H and O–H groups in total. The molecule has 0 heterocycles. The third-order valence-corrected chi connectivity index (χ3v) is 8.45. The summed E-state index contributed by atoms with van der Waals surface area (Å²) < 4.78 is 107. The molecule has 0 aliphatic carbocycles. The van der Waals surface area contributed by atoms with Gasteiger partial charge in [0.2, 0.25) is 0 Å². The lowest BCUT2D eigenvalue weighted by Gasteiger charge is -2.35. The number of rotatable bonds is 16. The van der Waals surface area contributed by atoms with E-state index in [-0.39, 0.29) is 25.7 Å². The standard InChI is InChI=1S/C15H22F6O2.C13H22F2O2/c1-5-12(6-2,14(16,17)18)10(22)9-11(23)13(7-3,8-4)15(19,20)21;1-5-12(14,6-2)10(16)9-11(17)13(15,7-3)8-4/h5-9H2,1-4H3;5-9H2,1-4H3. The van der Waals surface area contributed by atoms with Crippen molar-refractivity contribution in [2.45, 2.75) is 143 Å². The van der Waals surface area contributed by atoms with E-state index in [2.05, 4.69) is 0 Å². The van der Waals surface area contributed by atoms with Gasteiger partial charge in [0, 0.05) is 0 Å². The number of carbonyl (C=O) groups is 4. The van der Waals surface area contributed by atoms with Crippen molar-refractivity contribution in [2.75, 3.05) is 0 Å². The Morgan fingerprint density at radius 1 is 0.375 bits per heavy atom. The topological polar surface area (TPSA) is 68.3 Å². The summed E-state index contributed by atoms with van der Waals surface area (Å²) in [6.07, 6.45) is -14.2. The van der Waals surface area contributed by atoms with Crippen LogP contribution in [-0.2, 0) is 19.2 Å². The second-order valence-corrected chi connectivity index (χ2v) is 9.97. The highest BCUT2D eigenvalue weighted by atomic mass is 19.4. The van der Waals surface area contributed by atoms with Crippen LogP contribution >= 0.6 is 0 Å². The van der Waals surface area contributed by atoms with E-state index in [1.807, 2.05) is 0 Å². The van der Waals surface area contributed by atoms with Crippen LogP contribution in [0, 0.1) is 10.8 Å². The molecule has 40 heavy (non-hydrogen) atoms. The predicted molar refractivity (Wildman–Crippen MR) is 136 cm³/mol. The van der Waals surface area contributed by atoms with E-state index in [0.717, 1.165) is 27.7 Å². The SMILES string of the molecule is CCC(CC)(C(=O)CC(=O)C(CC)(CC)C(F)(F)F)C(F)(F)F.CCC(F)(CC)C(=O)CC(=O)C(F)(CC)CC. The van der Waals surface area contributed by atoms with Crippen LogP contribution in [0.2, 0.25) is 0 Å². The molecular weight excluding hydrogens is 552 g/mol. The molecule has 0 saturated carbocycles. The van der Waals surface area contributed by atoms with Gasteiger partial charge in [-0.25, -0.2) is 8.78 Å². The summed E-state index contributed by atoms with van der Waals surface area (Å²) in [5, 5.41) is 0. The number of halogens is 8. The van der Waals surface area contributed by atoms with Crippen molar-refractivity contribution in [2.24, 2.45) is 10.8 Å². The van der Waals surface area contributed by atoms with Gasteiger partial charge in [-0.3, -0.25) is 19.2 Å². The van der Waals surface area contributed by atoms with Crippen LogP contribution in [0.4, 0.5) is 35.1 Å². The minimum absolute atomic E-state index is 0.0210. The molecule has 0 amide bonds. The fourth-order valence-electron chi connectivity index (χ4n) is 4.64. The minimum Gasteiger partial charge on any atom is -0.298 e. The van der Waals surface area contributed by atoms with Gasteiger partial charge in [-0.15, -0.1) is 0 Å². The molecule has 0 bridgehead atoms. The van der Waals surface area contributed by atoms with Crippen molar-refractivity contribution in [3.8, 4) is 0 Å². The first-order chi connectivity index (χ1) is 18.1. The summed E-state index contributed by atoms with van der Waals surface area (Å²) in [7, 11) is 0. The Hall–Kier alpha value is -1.88. The van der Waals surface area contributed by atoms with Crippen LogP contribution in [-0.4, -0.2) is 46.8 Å². The first-order valence-electron chi connectivity index (χ1n) is 13.7. The fourth-order valence-corrected chi connectivity index (χ4v) is 4.64. The molecule has 0 aliphatic heterocycles. The maximum atomic E-state index is 14.0. The van der Waals surface area contributed by atoms with Crippen molar-refractivity contribution in [1.29, 1.82) is 0 Å². The van der Waals surface area contributed by atoms with E-state index >= 15 is 0 Å². The largest absolute Gasteiger partial charge is 0.401 e. The summed E-state index contributed by atoms with van der Waals surface area (Å²) in [5.74, 6) is -4.57. The van der Waals surface area contributed by atoms with E-state index in [4.69, 9.17) is 0 Å². The van der Waals surface area contributed by atoms with E-state index in [0.29, 0.717) is 0 Å². The number of Topliss-reactive ketones (excluding diaryl/α,β-unsaturated/α-hetero) is 4. The molecule has 0 aromatic carbocycles. The summed E-state index contributed by atoms with van der Waals surface area (Å²) in [4.78, 5) is 47.5. The zero-order valence-corrected chi connectivity index (χ0v) is 24.7. The van der Waals surface area contributed by atoms with E-state index in [9.17, 15) is 54.3 Å². The molecule has 0 atom stereocenters. The van der Waals surface area contributed by atoms with E-state index < -0.39 is 96.2 Å². The Labute approximate surface area is 232 Å². The lowest BCUT2D eigenvalue weighted by atomic mass is 9.71. The van der Waals surface area contributed by atoms with Gasteiger partial charge >= 0.3 is 12.4 Å². The highest BCUT2D eigenvalue weighted by Crippen LogP contribution is 2.49. The Balaban J connectivity index is 0.